The third-order valence-electron chi connectivity index (χ3n) is 4.49. The summed E-state index contributed by atoms with van der Waals surface area (Å²) in [5.74, 6) is 0.991. The number of likely N-dealkylation sites (tertiary alicyclic amines) is 1. The van der Waals surface area contributed by atoms with Gasteiger partial charge in [-0.15, -0.1) is 0 Å². The van der Waals surface area contributed by atoms with E-state index < -0.39 is 0 Å². The highest BCUT2D eigenvalue weighted by atomic mass is 16.5. The Morgan fingerprint density at radius 1 is 1.09 bits per heavy atom. The first-order chi connectivity index (χ1) is 11.3. The predicted octanol–water partition coefficient (Wildman–Crippen LogP) is 3.99. The maximum absolute atomic E-state index is 13.0. The van der Waals surface area contributed by atoms with Crippen molar-refractivity contribution in [2.75, 3.05) is 13.7 Å². The van der Waals surface area contributed by atoms with Crippen molar-refractivity contribution >= 4 is 5.91 Å². The monoisotopic (exact) mass is 309 g/mol. The molecule has 1 aliphatic rings. The van der Waals surface area contributed by atoms with Crippen LogP contribution in [0.3, 0.4) is 0 Å². The van der Waals surface area contributed by atoms with E-state index >= 15 is 0 Å². The van der Waals surface area contributed by atoms with E-state index in [0.29, 0.717) is 6.54 Å². The molecule has 3 heteroatoms. The van der Waals surface area contributed by atoms with Crippen molar-refractivity contribution in [1.29, 1.82) is 0 Å². The molecule has 1 aliphatic heterocycles. The van der Waals surface area contributed by atoms with Gasteiger partial charge in [0.25, 0.3) is 0 Å². The second kappa shape index (κ2) is 7.32. The number of hydrogen-bond donors (Lipinski definition) is 0. The molecule has 0 aromatic heterocycles. The van der Waals surface area contributed by atoms with Crippen LogP contribution in [0, 0.1) is 0 Å². The number of rotatable bonds is 4. The van der Waals surface area contributed by atoms with E-state index in [1.165, 1.54) is 5.56 Å². The standard InChI is InChI=1S/C20H23NO2/c1-23-18-11-7-10-17(14-18)19-12-5-6-13-21(20(19)22)15-16-8-3-2-4-9-16/h2-4,7-11,14,19H,5-6,12-13,15H2,1H3/t19-/m1/s1. The van der Waals surface area contributed by atoms with Gasteiger partial charge in [-0.3, -0.25) is 4.79 Å². The minimum Gasteiger partial charge on any atom is -0.497 e. The summed E-state index contributed by atoms with van der Waals surface area (Å²) in [6.45, 7) is 1.54. The van der Waals surface area contributed by atoms with Crippen LogP contribution in [0.4, 0.5) is 0 Å². The molecule has 120 valence electrons. The quantitative estimate of drug-likeness (QED) is 0.854. The van der Waals surface area contributed by atoms with E-state index in [4.69, 9.17) is 4.74 Å². The van der Waals surface area contributed by atoms with Gasteiger partial charge in [-0.2, -0.15) is 0 Å². The maximum Gasteiger partial charge on any atom is 0.230 e. The Hall–Kier alpha value is -2.29. The number of carbonyl (C=O) groups is 1. The normalized spacial score (nSPS) is 18.6. The van der Waals surface area contributed by atoms with Crippen molar-refractivity contribution in [2.24, 2.45) is 0 Å². The van der Waals surface area contributed by atoms with E-state index in [0.717, 1.165) is 37.1 Å². The Morgan fingerprint density at radius 2 is 1.91 bits per heavy atom. The first-order valence-corrected chi connectivity index (χ1v) is 8.24. The van der Waals surface area contributed by atoms with Gasteiger partial charge < -0.3 is 9.64 Å². The maximum atomic E-state index is 13.0. The van der Waals surface area contributed by atoms with E-state index in [2.05, 4.69) is 12.1 Å². The lowest BCUT2D eigenvalue weighted by Gasteiger charge is -2.25. The first-order valence-electron chi connectivity index (χ1n) is 8.24. The fraction of sp³-hybridized carbons (Fsp3) is 0.350. The lowest BCUT2D eigenvalue weighted by Crippen LogP contribution is -2.33. The minimum absolute atomic E-state index is 0.0590. The second-order valence-electron chi connectivity index (χ2n) is 6.07. The van der Waals surface area contributed by atoms with E-state index in [-0.39, 0.29) is 11.8 Å². The average molecular weight is 309 g/mol. The molecule has 2 aromatic carbocycles. The molecule has 1 amide bonds. The lowest BCUT2D eigenvalue weighted by molar-refractivity contribution is -0.132. The molecule has 1 fully saturated rings. The number of hydrogen-bond acceptors (Lipinski definition) is 2. The van der Waals surface area contributed by atoms with Crippen LogP contribution in [0.2, 0.25) is 0 Å². The van der Waals surface area contributed by atoms with Crippen molar-refractivity contribution in [1.82, 2.24) is 4.90 Å². The Kier molecular flexibility index (Phi) is 4.96. The molecular weight excluding hydrogens is 286 g/mol. The summed E-state index contributed by atoms with van der Waals surface area (Å²) in [6.07, 6.45) is 3.06. The predicted molar refractivity (Wildman–Crippen MR) is 91.4 cm³/mol. The van der Waals surface area contributed by atoms with Crippen LogP contribution in [-0.2, 0) is 11.3 Å². The number of nitrogens with zero attached hydrogens (tertiary/aromatic N) is 1. The van der Waals surface area contributed by atoms with Crippen LogP contribution < -0.4 is 4.74 Å². The molecule has 1 saturated heterocycles. The molecule has 0 spiro atoms. The summed E-state index contributed by atoms with van der Waals surface area (Å²) < 4.78 is 5.31. The van der Waals surface area contributed by atoms with Gasteiger partial charge >= 0.3 is 0 Å². The number of amides is 1. The van der Waals surface area contributed by atoms with Crippen molar-refractivity contribution in [3.8, 4) is 5.75 Å². The highest BCUT2D eigenvalue weighted by molar-refractivity contribution is 5.84. The summed E-state index contributed by atoms with van der Waals surface area (Å²) >= 11 is 0. The van der Waals surface area contributed by atoms with E-state index in [1.807, 2.05) is 47.4 Å². The first kappa shape index (κ1) is 15.6. The van der Waals surface area contributed by atoms with Crippen LogP contribution in [0.15, 0.2) is 54.6 Å². The van der Waals surface area contributed by atoms with Gasteiger partial charge in [0.1, 0.15) is 5.75 Å². The molecule has 0 bridgehead atoms. The SMILES string of the molecule is COc1cccc([C@H]2CCCCN(Cc3ccccc3)C2=O)c1. The Balaban J connectivity index is 1.81. The average Bonchev–Trinajstić information content (AvgIpc) is 2.78. The van der Waals surface area contributed by atoms with Gasteiger partial charge in [0, 0.05) is 13.1 Å². The topological polar surface area (TPSA) is 29.5 Å². The zero-order valence-corrected chi connectivity index (χ0v) is 13.6. The zero-order chi connectivity index (χ0) is 16.1. The lowest BCUT2D eigenvalue weighted by atomic mass is 9.93. The van der Waals surface area contributed by atoms with Gasteiger partial charge in [-0.25, -0.2) is 0 Å². The molecule has 1 heterocycles. The summed E-state index contributed by atoms with van der Waals surface area (Å²) in [7, 11) is 1.66. The van der Waals surface area contributed by atoms with Crippen molar-refractivity contribution in [2.45, 2.75) is 31.7 Å². The van der Waals surface area contributed by atoms with Gasteiger partial charge in [-0.05, 0) is 36.1 Å². The molecule has 1 atom stereocenters. The number of methoxy groups -OCH3 is 1. The van der Waals surface area contributed by atoms with Crippen molar-refractivity contribution in [3.63, 3.8) is 0 Å². The summed E-state index contributed by atoms with van der Waals surface area (Å²) in [5, 5.41) is 0. The van der Waals surface area contributed by atoms with Crippen molar-refractivity contribution < 1.29 is 9.53 Å². The minimum atomic E-state index is -0.0590. The summed E-state index contributed by atoms with van der Waals surface area (Å²) in [4.78, 5) is 15.0. The molecule has 3 nitrogen and oxygen atoms in total. The molecular formula is C20H23NO2. The fourth-order valence-electron chi connectivity index (χ4n) is 3.23. The zero-order valence-electron chi connectivity index (χ0n) is 13.6. The molecule has 2 aromatic rings. The van der Waals surface area contributed by atoms with Crippen LogP contribution in [0.25, 0.3) is 0 Å². The van der Waals surface area contributed by atoms with Crippen LogP contribution in [0.1, 0.15) is 36.3 Å². The van der Waals surface area contributed by atoms with Crippen LogP contribution in [0.5, 0.6) is 5.75 Å². The highest BCUT2D eigenvalue weighted by Gasteiger charge is 2.28. The number of ether oxygens (including phenoxy) is 1. The molecule has 23 heavy (non-hydrogen) atoms. The Labute approximate surface area is 137 Å². The molecule has 0 saturated carbocycles. The molecule has 0 aliphatic carbocycles. The molecule has 0 radical (unpaired) electrons. The number of benzene rings is 2. The smallest absolute Gasteiger partial charge is 0.230 e. The largest absolute Gasteiger partial charge is 0.497 e. The second-order valence-corrected chi connectivity index (χ2v) is 6.07. The summed E-state index contributed by atoms with van der Waals surface area (Å²) in [5.41, 5.74) is 2.25. The highest BCUT2D eigenvalue weighted by Crippen LogP contribution is 2.30. The van der Waals surface area contributed by atoms with Crippen LogP contribution >= 0.6 is 0 Å². The molecule has 0 unspecified atom stereocenters. The molecule has 3 rings (SSSR count). The van der Waals surface area contributed by atoms with Gasteiger partial charge in [0.15, 0.2) is 0 Å². The van der Waals surface area contributed by atoms with Gasteiger partial charge in [-0.1, -0.05) is 48.9 Å². The van der Waals surface area contributed by atoms with E-state index in [1.54, 1.807) is 7.11 Å². The Morgan fingerprint density at radius 3 is 2.70 bits per heavy atom. The third kappa shape index (κ3) is 3.73. The molecule has 0 N–H and O–H groups in total. The van der Waals surface area contributed by atoms with Crippen LogP contribution in [-0.4, -0.2) is 24.5 Å². The van der Waals surface area contributed by atoms with Crippen molar-refractivity contribution in [3.05, 3.63) is 65.7 Å². The summed E-state index contributed by atoms with van der Waals surface area (Å²) in [6, 6.07) is 18.1. The Bertz CT molecular complexity index is 654. The fourth-order valence-corrected chi connectivity index (χ4v) is 3.23. The number of carbonyl (C=O) groups excluding carboxylic acids is 1. The third-order valence-corrected chi connectivity index (χ3v) is 4.49. The van der Waals surface area contributed by atoms with Gasteiger partial charge in [0.05, 0.1) is 13.0 Å². The van der Waals surface area contributed by atoms with E-state index in [9.17, 15) is 4.79 Å². The van der Waals surface area contributed by atoms with Gasteiger partial charge in [0.2, 0.25) is 5.91 Å².